The second-order valence-electron chi connectivity index (χ2n) is 8.15. The van der Waals surface area contributed by atoms with Crippen LogP contribution in [0.3, 0.4) is 0 Å². The van der Waals surface area contributed by atoms with Gasteiger partial charge in [-0.3, -0.25) is 0 Å². The third kappa shape index (κ3) is 2.77. The van der Waals surface area contributed by atoms with Gasteiger partial charge in [-0.1, -0.05) is 12.8 Å². The van der Waals surface area contributed by atoms with Crippen LogP contribution in [0, 0.1) is 11.3 Å². The number of aromatic nitrogens is 1. The van der Waals surface area contributed by atoms with E-state index in [1.54, 1.807) is 0 Å². The number of rotatable bonds is 5. The molecule has 0 aromatic carbocycles. The lowest BCUT2D eigenvalue weighted by atomic mass is 9.54. The van der Waals surface area contributed by atoms with Crippen LogP contribution >= 0.6 is 0 Å². The molecule has 4 fully saturated rings. The molecule has 3 heterocycles. The lowest BCUT2D eigenvalue weighted by molar-refractivity contribution is -0.130. The number of hydrogen-bond donors (Lipinski definition) is 1. The van der Waals surface area contributed by atoms with Gasteiger partial charge >= 0.3 is 0 Å². The summed E-state index contributed by atoms with van der Waals surface area (Å²) >= 11 is 0. The Hall–Kier alpha value is -1.17. The van der Waals surface area contributed by atoms with E-state index in [2.05, 4.69) is 22.4 Å². The van der Waals surface area contributed by atoms with E-state index in [0.29, 0.717) is 30.1 Å². The average molecular weight is 344 g/mol. The maximum absolute atomic E-state index is 6.08. The summed E-state index contributed by atoms with van der Waals surface area (Å²) in [6, 6.07) is 4.78. The zero-order valence-electron chi connectivity index (χ0n) is 14.8. The molecular weight excluding hydrogens is 316 g/mol. The first-order chi connectivity index (χ1) is 12.4. The maximum atomic E-state index is 6.08. The molecule has 1 aromatic rings. The highest BCUT2D eigenvalue weighted by atomic mass is 16.5. The van der Waals surface area contributed by atoms with Crippen molar-refractivity contribution in [3.8, 4) is 5.88 Å². The van der Waals surface area contributed by atoms with E-state index in [4.69, 9.17) is 14.2 Å². The monoisotopic (exact) mass is 344 g/mol. The van der Waals surface area contributed by atoms with Gasteiger partial charge in [0.15, 0.2) is 0 Å². The minimum Gasteiger partial charge on any atom is -0.472 e. The fourth-order valence-corrected chi connectivity index (χ4v) is 5.64. The Bertz CT molecular complexity index is 611. The number of nitrogens with zero attached hydrogens (tertiary/aromatic N) is 1. The van der Waals surface area contributed by atoms with E-state index in [1.807, 2.05) is 6.20 Å². The summed E-state index contributed by atoms with van der Waals surface area (Å²) < 4.78 is 17.4. The Morgan fingerprint density at radius 3 is 3.00 bits per heavy atom. The first-order valence-corrected chi connectivity index (χ1v) is 9.89. The number of nitrogens with one attached hydrogen (secondary N) is 1. The molecule has 4 atom stereocenters. The van der Waals surface area contributed by atoms with Crippen molar-refractivity contribution in [2.24, 2.45) is 11.3 Å². The van der Waals surface area contributed by atoms with E-state index in [-0.39, 0.29) is 6.10 Å². The van der Waals surface area contributed by atoms with Crippen molar-refractivity contribution < 1.29 is 14.2 Å². The van der Waals surface area contributed by atoms with Crippen LogP contribution in [0.5, 0.6) is 5.88 Å². The highest BCUT2D eigenvalue weighted by Crippen LogP contribution is 2.60. The number of pyridine rings is 1. The molecule has 5 heteroatoms. The normalized spacial score (nSPS) is 35.7. The summed E-state index contributed by atoms with van der Waals surface area (Å²) in [7, 11) is 0. The van der Waals surface area contributed by atoms with Gasteiger partial charge in [-0.05, 0) is 30.9 Å². The van der Waals surface area contributed by atoms with Gasteiger partial charge in [0.05, 0.1) is 19.3 Å². The topological polar surface area (TPSA) is 52.6 Å². The third-order valence-corrected chi connectivity index (χ3v) is 6.79. The van der Waals surface area contributed by atoms with Crippen LogP contribution in [0.2, 0.25) is 0 Å². The average Bonchev–Trinajstić information content (AvgIpc) is 3.36. The highest BCUT2D eigenvalue weighted by Gasteiger charge is 2.64. The number of fused-ring (bicyclic) bond motifs is 2. The Labute approximate surface area is 149 Å². The van der Waals surface area contributed by atoms with Crippen LogP contribution < -0.4 is 10.1 Å². The summed E-state index contributed by atoms with van der Waals surface area (Å²) in [5, 5.41) is 3.87. The summed E-state index contributed by atoms with van der Waals surface area (Å²) in [6.45, 7) is 3.31. The zero-order chi connectivity index (χ0) is 16.7. The quantitative estimate of drug-likeness (QED) is 0.890. The Balaban J connectivity index is 1.23. The van der Waals surface area contributed by atoms with Gasteiger partial charge in [0, 0.05) is 49.2 Å². The van der Waals surface area contributed by atoms with Crippen molar-refractivity contribution in [3.05, 3.63) is 23.9 Å². The standard InChI is InChI=1S/C20H28N2O3/c1-2-7-20(6-1)18(16-5-10-24-19(16)20)22-12-14-3-8-21-17(11-14)25-15-4-9-23-13-15/h3,8,11,15-16,18-19,22H,1-2,4-7,9-10,12-13H2/t15-,16+,18-,19+/m1/s1. The second kappa shape index (κ2) is 6.53. The van der Waals surface area contributed by atoms with Crippen LogP contribution in [-0.4, -0.2) is 43.1 Å². The third-order valence-electron chi connectivity index (χ3n) is 6.79. The molecule has 2 aliphatic heterocycles. The first kappa shape index (κ1) is 16.0. The van der Waals surface area contributed by atoms with E-state index < -0.39 is 0 Å². The molecule has 5 nitrogen and oxygen atoms in total. The first-order valence-electron chi connectivity index (χ1n) is 9.89. The van der Waals surface area contributed by atoms with E-state index in [0.717, 1.165) is 32.1 Å². The Morgan fingerprint density at radius 1 is 1.24 bits per heavy atom. The van der Waals surface area contributed by atoms with E-state index in [1.165, 1.54) is 37.7 Å². The molecule has 0 radical (unpaired) electrons. The molecule has 136 valence electrons. The molecule has 1 N–H and O–H groups in total. The number of ether oxygens (including phenoxy) is 3. The maximum Gasteiger partial charge on any atom is 0.213 e. The summed E-state index contributed by atoms with van der Waals surface area (Å²) in [5.41, 5.74) is 1.66. The molecule has 4 aliphatic rings. The predicted molar refractivity (Wildman–Crippen MR) is 93.5 cm³/mol. The minimum absolute atomic E-state index is 0.153. The zero-order valence-corrected chi connectivity index (χ0v) is 14.8. The van der Waals surface area contributed by atoms with Crippen LogP contribution in [-0.2, 0) is 16.0 Å². The van der Waals surface area contributed by atoms with Crippen molar-refractivity contribution >= 4 is 0 Å². The van der Waals surface area contributed by atoms with Gasteiger partial charge in [-0.2, -0.15) is 0 Å². The molecule has 25 heavy (non-hydrogen) atoms. The van der Waals surface area contributed by atoms with Gasteiger partial charge < -0.3 is 19.5 Å². The van der Waals surface area contributed by atoms with E-state index in [9.17, 15) is 0 Å². The predicted octanol–water partition coefficient (Wildman–Crippen LogP) is 2.69. The van der Waals surface area contributed by atoms with Crippen molar-refractivity contribution in [2.45, 2.75) is 63.3 Å². The van der Waals surface area contributed by atoms with Crippen LogP contribution in [0.15, 0.2) is 18.3 Å². The molecular formula is C20H28N2O3. The molecule has 2 aliphatic carbocycles. The molecule has 1 spiro atoms. The lowest BCUT2D eigenvalue weighted by Gasteiger charge is -2.57. The fraction of sp³-hybridized carbons (Fsp3) is 0.750. The van der Waals surface area contributed by atoms with Gasteiger partial charge in [0.2, 0.25) is 5.88 Å². The summed E-state index contributed by atoms with van der Waals surface area (Å²) in [4.78, 5) is 4.36. The number of hydrogen-bond acceptors (Lipinski definition) is 5. The van der Waals surface area contributed by atoms with Crippen LogP contribution in [0.4, 0.5) is 0 Å². The van der Waals surface area contributed by atoms with E-state index >= 15 is 0 Å². The highest BCUT2D eigenvalue weighted by molar-refractivity contribution is 5.22. The Morgan fingerprint density at radius 2 is 2.16 bits per heavy atom. The lowest BCUT2D eigenvalue weighted by Crippen LogP contribution is -2.67. The minimum atomic E-state index is 0.153. The molecule has 1 aromatic heterocycles. The molecule has 0 unspecified atom stereocenters. The smallest absolute Gasteiger partial charge is 0.213 e. The fourth-order valence-electron chi connectivity index (χ4n) is 5.64. The molecule has 0 amide bonds. The molecule has 2 saturated carbocycles. The van der Waals surface area contributed by atoms with Gasteiger partial charge in [-0.15, -0.1) is 0 Å². The molecule has 0 bridgehead atoms. The van der Waals surface area contributed by atoms with Crippen LogP contribution in [0.25, 0.3) is 0 Å². The SMILES string of the molecule is c1cc(CN[C@@H]2[C@@H]3CCO[C@@H]3C23CCCC3)cc(O[C@@H]2CCOC2)n1. The van der Waals surface area contributed by atoms with Gasteiger partial charge in [-0.25, -0.2) is 4.98 Å². The van der Waals surface area contributed by atoms with Crippen molar-refractivity contribution in [1.29, 1.82) is 0 Å². The van der Waals surface area contributed by atoms with Crippen molar-refractivity contribution in [1.82, 2.24) is 10.3 Å². The van der Waals surface area contributed by atoms with Crippen LogP contribution in [0.1, 0.15) is 44.1 Å². The summed E-state index contributed by atoms with van der Waals surface area (Å²) in [6.07, 6.45) is 10.1. The van der Waals surface area contributed by atoms with Crippen molar-refractivity contribution in [3.63, 3.8) is 0 Å². The largest absolute Gasteiger partial charge is 0.472 e. The second-order valence-corrected chi connectivity index (χ2v) is 8.15. The van der Waals surface area contributed by atoms with Gasteiger partial charge in [0.25, 0.3) is 0 Å². The molecule has 5 rings (SSSR count). The van der Waals surface area contributed by atoms with Gasteiger partial charge in [0.1, 0.15) is 6.10 Å². The molecule has 2 saturated heterocycles. The summed E-state index contributed by atoms with van der Waals surface area (Å²) in [5.74, 6) is 1.44. The Kier molecular flexibility index (Phi) is 4.19. The van der Waals surface area contributed by atoms with Crippen molar-refractivity contribution in [2.75, 3.05) is 19.8 Å².